The Morgan fingerprint density at radius 1 is 0.963 bits per heavy atom. The van der Waals surface area contributed by atoms with E-state index in [-0.39, 0.29) is 5.91 Å². The molecule has 1 heterocycles. The molecule has 0 fully saturated rings. The first-order valence-corrected chi connectivity index (χ1v) is 9.06. The van der Waals surface area contributed by atoms with Crippen molar-refractivity contribution in [2.45, 2.75) is 20.4 Å². The summed E-state index contributed by atoms with van der Waals surface area (Å²) in [6, 6.07) is 21.5. The van der Waals surface area contributed by atoms with Crippen molar-refractivity contribution in [1.29, 1.82) is 0 Å². The van der Waals surface area contributed by atoms with Gasteiger partial charge in [-0.1, -0.05) is 48.5 Å². The number of nitrogens with zero attached hydrogens (tertiary/aromatic N) is 4. The van der Waals surface area contributed by atoms with Crippen molar-refractivity contribution >= 4 is 17.5 Å². The minimum Gasteiger partial charge on any atom is -0.340 e. The smallest absolute Gasteiger partial charge is 0.277 e. The lowest BCUT2D eigenvalue weighted by Crippen LogP contribution is -2.32. The molecular weight excluding hydrogens is 336 g/mol. The van der Waals surface area contributed by atoms with Crippen LogP contribution < -0.4 is 9.80 Å². The number of benzene rings is 2. The Morgan fingerprint density at radius 3 is 2.22 bits per heavy atom. The topological polar surface area (TPSA) is 49.3 Å². The monoisotopic (exact) mass is 360 g/mol. The van der Waals surface area contributed by atoms with Crippen molar-refractivity contribution in [2.75, 3.05) is 23.4 Å². The van der Waals surface area contributed by atoms with Crippen LogP contribution in [-0.4, -0.2) is 29.5 Å². The van der Waals surface area contributed by atoms with Crippen LogP contribution in [-0.2, 0) is 6.54 Å². The van der Waals surface area contributed by atoms with Gasteiger partial charge in [-0.25, -0.2) is 9.97 Å². The van der Waals surface area contributed by atoms with Crippen molar-refractivity contribution in [2.24, 2.45) is 0 Å². The van der Waals surface area contributed by atoms with E-state index < -0.39 is 0 Å². The van der Waals surface area contributed by atoms with Crippen molar-refractivity contribution in [1.82, 2.24) is 9.97 Å². The Morgan fingerprint density at radius 2 is 1.59 bits per heavy atom. The lowest BCUT2D eigenvalue weighted by molar-refractivity contribution is 0.0983. The standard InChI is InChI=1S/C22H24N4O/c1-4-26(19-13-9-6-10-14-19)21(27)20-15-17(2)23-22(24-20)25(3)16-18-11-7-5-8-12-18/h5-15H,4,16H2,1-3H3. The van der Waals surface area contributed by atoms with Crippen LogP contribution in [0.4, 0.5) is 11.6 Å². The van der Waals surface area contributed by atoms with Crippen LogP contribution >= 0.6 is 0 Å². The van der Waals surface area contributed by atoms with Crippen molar-refractivity contribution in [3.8, 4) is 0 Å². The van der Waals surface area contributed by atoms with E-state index in [4.69, 9.17) is 0 Å². The number of hydrogen-bond acceptors (Lipinski definition) is 4. The van der Waals surface area contributed by atoms with Gasteiger partial charge in [0.15, 0.2) is 0 Å². The Balaban J connectivity index is 1.87. The van der Waals surface area contributed by atoms with Crippen LogP contribution in [0.3, 0.4) is 0 Å². The summed E-state index contributed by atoms with van der Waals surface area (Å²) in [5, 5.41) is 0. The highest BCUT2D eigenvalue weighted by Gasteiger charge is 2.19. The molecule has 0 aliphatic carbocycles. The normalized spacial score (nSPS) is 10.5. The molecule has 1 amide bonds. The zero-order valence-corrected chi connectivity index (χ0v) is 16.0. The number of rotatable bonds is 6. The molecule has 5 nitrogen and oxygen atoms in total. The second-order valence-electron chi connectivity index (χ2n) is 6.42. The van der Waals surface area contributed by atoms with Crippen LogP contribution in [0.2, 0.25) is 0 Å². The highest BCUT2D eigenvalue weighted by atomic mass is 16.2. The summed E-state index contributed by atoms with van der Waals surface area (Å²) in [4.78, 5) is 25.8. The van der Waals surface area contributed by atoms with E-state index in [9.17, 15) is 4.79 Å². The molecule has 0 saturated carbocycles. The van der Waals surface area contributed by atoms with Crippen LogP contribution in [0, 0.1) is 6.92 Å². The molecule has 0 saturated heterocycles. The first kappa shape index (κ1) is 18.6. The summed E-state index contributed by atoms with van der Waals surface area (Å²) in [7, 11) is 1.94. The van der Waals surface area contributed by atoms with Gasteiger partial charge in [0.25, 0.3) is 5.91 Å². The van der Waals surface area contributed by atoms with E-state index in [0.717, 1.165) is 16.9 Å². The largest absolute Gasteiger partial charge is 0.340 e. The first-order valence-electron chi connectivity index (χ1n) is 9.06. The number of aromatic nitrogens is 2. The van der Waals surface area contributed by atoms with E-state index in [1.54, 1.807) is 11.0 Å². The number of hydrogen-bond donors (Lipinski definition) is 0. The summed E-state index contributed by atoms with van der Waals surface area (Å²) in [5.74, 6) is 0.426. The quantitative estimate of drug-likeness (QED) is 0.664. The Bertz CT molecular complexity index is 897. The van der Waals surface area contributed by atoms with E-state index in [1.807, 2.05) is 74.3 Å². The molecule has 2 aromatic carbocycles. The van der Waals surface area contributed by atoms with Gasteiger partial charge in [0.05, 0.1) is 0 Å². The summed E-state index contributed by atoms with van der Waals surface area (Å²) >= 11 is 0. The molecule has 0 unspecified atom stereocenters. The van der Waals surface area contributed by atoms with Crippen LogP contribution in [0.1, 0.15) is 28.7 Å². The lowest BCUT2D eigenvalue weighted by Gasteiger charge is -2.22. The summed E-state index contributed by atoms with van der Waals surface area (Å²) in [5.41, 5.74) is 3.20. The maximum atomic E-state index is 13.1. The van der Waals surface area contributed by atoms with Gasteiger partial charge < -0.3 is 9.80 Å². The highest BCUT2D eigenvalue weighted by molar-refractivity contribution is 6.04. The van der Waals surface area contributed by atoms with Gasteiger partial charge in [-0.2, -0.15) is 0 Å². The molecule has 0 bridgehead atoms. The van der Waals surface area contributed by atoms with Gasteiger partial charge in [0.2, 0.25) is 5.95 Å². The molecule has 0 aliphatic heterocycles. The summed E-state index contributed by atoms with van der Waals surface area (Å²) < 4.78 is 0. The predicted molar refractivity (Wildman–Crippen MR) is 109 cm³/mol. The van der Waals surface area contributed by atoms with Crippen LogP contribution in [0.5, 0.6) is 0 Å². The fraction of sp³-hybridized carbons (Fsp3) is 0.227. The second-order valence-corrected chi connectivity index (χ2v) is 6.42. The average Bonchev–Trinajstić information content (AvgIpc) is 2.69. The van der Waals surface area contributed by atoms with Gasteiger partial charge in [0, 0.05) is 31.5 Å². The number of carbonyl (C=O) groups is 1. The molecule has 1 aromatic heterocycles. The lowest BCUT2D eigenvalue weighted by atomic mass is 10.2. The molecule has 3 aromatic rings. The van der Waals surface area contributed by atoms with Gasteiger partial charge in [-0.05, 0) is 37.6 Å². The number of anilines is 2. The molecule has 0 radical (unpaired) electrons. The van der Waals surface area contributed by atoms with Gasteiger partial charge in [-0.15, -0.1) is 0 Å². The molecular formula is C22H24N4O. The fourth-order valence-electron chi connectivity index (χ4n) is 2.95. The minimum atomic E-state index is -0.122. The fourth-order valence-corrected chi connectivity index (χ4v) is 2.95. The van der Waals surface area contributed by atoms with E-state index in [1.165, 1.54) is 0 Å². The number of amides is 1. The Labute approximate surface area is 160 Å². The Kier molecular flexibility index (Phi) is 5.81. The third-order valence-corrected chi connectivity index (χ3v) is 4.29. The molecule has 0 aliphatic rings. The molecule has 138 valence electrons. The third kappa shape index (κ3) is 4.50. The molecule has 0 atom stereocenters. The zero-order chi connectivity index (χ0) is 19.2. The number of carbonyl (C=O) groups excluding carboxylic acids is 1. The van der Waals surface area contributed by atoms with E-state index >= 15 is 0 Å². The summed E-state index contributed by atoms with van der Waals surface area (Å²) in [6.07, 6.45) is 0. The van der Waals surface area contributed by atoms with Gasteiger partial charge in [-0.3, -0.25) is 4.79 Å². The van der Waals surface area contributed by atoms with Crippen LogP contribution in [0.25, 0.3) is 0 Å². The van der Waals surface area contributed by atoms with E-state index in [0.29, 0.717) is 24.7 Å². The third-order valence-electron chi connectivity index (χ3n) is 4.29. The molecule has 3 rings (SSSR count). The molecule has 0 N–H and O–H groups in total. The SMILES string of the molecule is CCN(C(=O)c1cc(C)nc(N(C)Cc2ccccc2)n1)c1ccccc1. The molecule has 5 heteroatoms. The molecule has 0 spiro atoms. The van der Waals surface area contributed by atoms with Crippen LogP contribution in [0.15, 0.2) is 66.7 Å². The first-order chi connectivity index (χ1) is 13.1. The Hall–Kier alpha value is -3.21. The van der Waals surface area contributed by atoms with Gasteiger partial charge >= 0.3 is 0 Å². The summed E-state index contributed by atoms with van der Waals surface area (Å²) in [6.45, 7) is 5.09. The minimum absolute atomic E-state index is 0.122. The van der Waals surface area contributed by atoms with Crippen molar-refractivity contribution in [3.05, 3.63) is 83.7 Å². The maximum Gasteiger partial charge on any atom is 0.277 e. The average molecular weight is 360 g/mol. The molecule has 27 heavy (non-hydrogen) atoms. The number of para-hydroxylation sites is 1. The zero-order valence-electron chi connectivity index (χ0n) is 16.0. The van der Waals surface area contributed by atoms with Crippen molar-refractivity contribution in [3.63, 3.8) is 0 Å². The highest BCUT2D eigenvalue weighted by Crippen LogP contribution is 2.18. The van der Waals surface area contributed by atoms with Crippen molar-refractivity contribution < 1.29 is 4.79 Å². The van der Waals surface area contributed by atoms with Gasteiger partial charge in [0.1, 0.15) is 5.69 Å². The maximum absolute atomic E-state index is 13.1. The predicted octanol–water partition coefficient (Wildman–Crippen LogP) is 4.09. The van der Waals surface area contributed by atoms with E-state index in [2.05, 4.69) is 22.1 Å². The second kappa shape index (κ2) is 8.45. The number of aryl methyl sites for hydroxylation is 1.